The first kappa shape index (κ1) is 15.9. The number of rotatable bonds is 8. The highest BCUT2D eigenvalue weighted by atomic mass is 32.2. The van der Waals surface area contributed by atoms with E-state index in [9.17, 15) is 8.42 Å². The summed E-state index contributed by atoms with van der Waals surface area (Å²) in [6.07, 6.45) is 0. The number of hydrogen-bond donors (Lipinski definition) is 2. The Bertz CT molecular complexity index is 471. The normalized spacial score (nSPS) is 11.8. The molecule has 7 heteroatoms. The molecule has 0 radical (unpaired) electrons. The molecule has 0 aromatic heterocycles. The minimum absolute atomic E-state index is 0.280. The number of nitrogens with zero attached hydrogens (tertiary/aromatic N) is 1. The molecule has 3 N–H and O–H groups in total. The maximum atomic E-state index is 11.8. The van der Waals surface area contributed by atoms with Gasteiger partial charge in [-0.1, -0.05) is 0 Å². The number of anilines is 1. The van der Waals surface area contributed by atoms with E-state index >= 15 is 0 Å². The van der Waals surface area contributed by atoms with Crippen molar-refractivity contribution in [3.63, 3.8) is 0 Å². The fraction of sp³-hybridized carbons (Fsp3) is 0.500. The van der Waals surface area contributed by atoms with Crippen LogP contribution in [0.3, 0.4) is 0 Å². The summed E-state index contributed by atoms with van der Waals surface area (Å²) in [7, 11) is -0.339. The van der Waals surface area contributed by atoms with Crippen LogP contribution in [-0.2, 0) is 14.8 Å². The Kier molecular flexibility index (Phi) is 6.23. The first-order valence-corrected chi connectivity index (χ1v) is 7.47. The molecule has 1 rings (SSSR count). The molecule has 0 bridgehead atoms. The predicted molar refractivity (Wildman–Crippen MR) is 75.7 cm³/mol. The lowest BCUT2D eigenvalue weighted by Crippen LogP contribution is -2.22. The molecule has 0 aliphatic heterocycles. The van der Waals surface area contributed by atoms with E-state index in [1.807, 2.05) is 0 Å². The van der Waals surface area contributed by atoms with Crippen LogP contribution >= 0.6 is 0 Å². The third-order valence-corrected chi connectivity index (χ3v) is 4.30. The van der Waals surface area contributed by atoms with E-state index in [-0.39, 0.29) is 4.90 Å². The van der Waals surface area contributed by atoms with Crippen molar-refractivity contribution in [2.24, 2.45) is 5.73 Å². The Hall–Kier alpha value is -1.15. The fourth-order valence-corrected chi connectivity index (χ4v) is 2.31. The van der Waals surface area contributed by atoms with Crippen LogP contribution in [0.15, 0.2) is 29.2 Å². The van der Waals surface area contributed by atoms with E-state index in [1.165, 1.54) is 18.4 Å². The number of sulfonamides is 1. The van der Waals surface area contributed by atoms with Crippen molar-refractivity contribution in [3.8, 4) is 0 Å². The zero-order valence-corrected chi connectivity index (χ0v) is 12.1. The molecule has 0 fully saturated rings. The molecule has 0 saturated heterocycles. The molecule has 1 aromatic carbocycles. The highest BCUT2D eigenvalue weighted by Gasteiger charge is 2.16. The van der Waals surface area contributed by atoms with Gasteiger partial charge >= 0.3 is 0 Å². The van der Waals surface area contributed by atoms with Crippen molar-refractivity contribution in [2.45, 2.75) is 4.90 Å². The number of benzene rings is 1. The molecule has 108 valence electrons. The van der Waals surface area contributed by atoms with Gasteiger partial charge in [-0.25, -0.2) is 12.7 Å². The molecule has 0 heterocycles. The second-order valence-electron chi connectivity index (χ2n) is 4.14. The van der Waals surface area contributed by atoms with E-state index in [1.54, 1.807) is 24.3 Å². The number of ether oxygens (including phenoxy) is 1. The van der Waals surface area contributed by atoms with Gasteiger partial charge in [0.25, 0.3) is 0 Å². The van der Waals surface area contributed by atoms with Crippen molar-refractivity contribution in [2.75, 3.05) is 45.7 Å². The molecule has 0 aliphatic rings. The maximum absolute atomic E-state index is 11.8. The highest BCUT2D eigenvalue weighted by molar-refractivity contribution is 7.89. The number of nitrogens with one attached hydrogen (secondary N) is 1. The predicted octanol–water partition coefficient (Wildman–Crippen LogP) is 0.324. The van der Waals surface area contributed by atoms with E-state index in [0.29, 0.717) is 26.3 Å². The van der Waals surface area contributed by atoms with Gasteiger partial charge in [-0.2, -0.15) is 0 Å². The first-order chi connectivity index (χ1) is 8.98. The second kappa shape index (κ2) is 7.44. The van der Waals surface area contributed by atoms with Gasteiger partial charge in [0.15, 0.2) is 0 Å². The highest BCUT2D eigenvalue weighted by Crippen LogP contribution is 2.16. The molecule has 0 spiro atoms. The first-order valence-electron chi connectivity index (χ1n) is 6.02. The van der Waals surface area contributed by atoms with Crippen molar-refractivity contribution in [1.29, 1.82) is 0 Å². The number of nitrogens with two attached hydrogens (primary N) is 1. The summed E-state index contributed by atoms with van der Waals surface area (Å²) < 4.78 is 30.1. The molecule has 0 unspecified atom stereocenters. The Morgan fingerprint density at radius 1 is 1.21 bits per heavy atom. The van der Waals surface area contributed by atoms with E-state index in [0.717, 1.165) is 5.69 Å². The Morgan fingerprint density at radius 2 is 1.84 bits per heavy atom. The maximum Gasteiger partial charge on any atom is 0.242 e. The lowest BCUT2D eigenvalue weighted by atomic mass is 10.3. The summed E-state index contributed by atoms with van der Waals surface area (Å²) in [5, 5.41) is 3.14. The monoisotopic (exact) mass is 287 g/mol. The molecule has 0 aliphatic carbocycles. The van der Waals surface area contributed by atoms with Crippen LogP contribution in [-0.4, -0.2) is 53.1 Å². The summed E-state index contributed by atoms with van der Waals surface area (Å²) in [5.41, 5.74) is 6.15. The topological polar surface area (TPSA) is 84.7 Å². The summed E-state index contributed by atoms with van der Waals surface area (Å²) in [6.45, 7) is 2.27. The lowest BCUT2D eigenvalue weighted by Gasteiger charge is -2.12. The Balaban J connectivity index is 2.53. The van der Waals surface area contributed by atoms with Gasteiger partial charge in [-0.15, -0.1) is 0 Å². The second-order valence-corrected chi connectivity index (χ2v) is 6.29. The van der Waals surface area contributed by atoms with Gasteiger partial charge in [0.05, 0.1) is 18.1 Å². The zero-order valence-electron chi connectivity index (χ0n) is 11.3. The average molecular weight is 287 g/mol. The van der Waals surface area contributed by atoms with Crippen LogP contribution in [0, 0.1) is 0 Å². The van der Waals surface area contributed by atoms with Gasteiger partial charge in [0.2, 0.25) is 10.0 Å². The molecule has 0 saturated carbocycles. The van der Waals surface area contributed by atoms with Crippen molar-refractivity contribution >= 4 is 15.7 Å². The quantitative estimate of drug-likeness (QED) is 0.673. The molecular weight excluding hydrogens is 266 g/mol. The largest absolute Gasteiger partial charge is 0.383 e. The van der Waals surface area contributed by atoms with Gasteiger partial charge in [0.1, 0.15) is 0 Å². The van der Waals surface area contributed by atoms with Gasteiger partial charge in [0, 0.05) is 32.9 Å². The van der Waals surface area contributed by atoms with Crippen LogP contribution in [0.5, 0.6) is 0 Å². The smallest absolute Gasteiger partial charge is 0.242 e. The van der Waals surface area contributed by atoms with E-state index < -0.39 is 10.0 Å². The van der Waals surface area contributed by atoms with Gasteiger partial charge < -0.3 is 15.8 Å². The minimum atomic E-state index is -3.36. The van der Waals surface area contributed by atoms with Crippen molar-refractivity contribution in [1.82, 2.24) is 4.31 Å². The molecule has 6 nitrogen and oxygen atoms in total. The average Bonchev–Trinajstić information content (AvgIpc) is 2.39. The molecule has 0 amide bonds. The van der Waals surface area contributed by atoms with Crippen LogP contribution in [0.1, 0.15) is 0 Å². The van der Waals surface area contributed by atoms with Crippen LogP contribution in [0.4, 0.5) is 5.69 Å². The molecule has 19 heavy (non-hydrogen) atoms. The summed E-state index contributed by atoms with van der Waals surface area (Å²) in [6, 6.07) is 6.63. The van der Waals surface area contributed by atoms with Gasteiger partial charge in [-0.05, 0) is 24.3 Å². The van der Waals surface area contributed by atoms with Crippen molar-refractivity contribution in [3.05, 3.63) is 24.3 Å². The molecule has 0 atom stereocenters. The van der Waals surface area contributed by atoms with Crippen molar-refractivity contribution < 1.29 is 13.2 Å². The third-order valence-electron chi connectivity index (χ3n) is 2.47. The van der Waals surface area contributed by atoms with Crippen LogP contribution in [0.25, 0.3) is 0 Å². The van der Waals surface area contributed by atoms with Gasteiger partial charge in [-0.3, -0.25) is 0 Å². The Morgan fingerprint density at radius 3 is 2.37 bits per heavy atom. The minimum Gasteiger partial charge on any atom is -0.383 e. The summed E-state index contributed by atoms with van der Waals surface area (Å²) in [4.78, 5) is 0.280. The third kappa shape index (κ3) is 4.79. The number of hydrogen-bond acceptors (Lipinski definition) is 5. The van der Waals surface area contributed by atoms with E-state index in [4.69, 9.17) is 10.5 Å². The van der Waals surface area contributed by atoms with E-state index in [2.05, 4.69) is 5.32 Å². The van der Waals surface area contributed by atoms with Crippen LogP contribution in [0.2, 0.25) is 0 Å². The zero-order chi connectivity index (χ0) is 14.3. The summed E-state index contributed by atoms with van der Waals surface area (Å²) >= 11 is 0. The molecule has 1 aromatic rings. The fourth-order valence-electron chi connectivity index (χ4n) is 1.41. The van der Waals surface area contributed by atoms with Crippen LogP contribution < -0.4 is 11.1 Å². The Labute approximate surface area is 114 Å². The lowest BCUT2D eigenvalue weighted by molar-refractivity contribution is 0.151. The standard InChI is InChI=1S/C12H21N3O3S/c1-15(2)19(16,17)12-5-3-11(4-6-12)14-8-10-18-9-7-13/h3-6,14H,7-10,13H2,1-2H3. The molecular formula is C12H21N3O3S. The SMILES string of the molecule is CN(C)S(=O)(=O)c1ccc(NCCOCCN)cc1. The summed E-state index contributed by atoms with van der Waals surface area (Å²) in [5.74, 6) is 0.